The van der Waals surface area contributed by atoms with Crippen molar-refractivity contribution in [1.82, 2.24) is 6.15 Å². The maximum Gasteiger partial charge on any atom is 0.304 e. The highest BCUT2D eigenvalue weighted by molar-refractivity contribution is 5.80. The fourth-order valence-corrected chi connectivity index (χ4v) is 0.753. The van der Waals surface area contributed by atoms with Gasteiger partial charge in [-0.05, 0) is 6.42 Å². The number of hydrogen-bond acceptors (Lipinski definition) is 6. The number of nitriles is 1. The third-order valence-corrected chi connectivity index (χ3v) is 1.37. The molecule has 0 atom stereocenters. The second kappa shape index (κ2) is 16.9. The molecule has 6 N–H and O–H groups in total. The predicted octanol–water partition coefficient (Wildman–Crippen LogP) is 0.478. The van der Waals surface area contributed by atoms with Crippen LogP contribution >= 0.6 is 0 Å². The zero-order valence-electron chi connectivity index (χ0n) is 10.1. The van der Waals surface area contributed by atoms with Crippen LogP contribution in [0, 0.1) is 11.3 Å². The molecule has 1 fully saturated rings. The number of ketones is 1. The molecule has 0 radical (unpaired) electrons. The number of aliphatic carboxylic acids is 1. The topological polar surface area (TPSA) is 148 Å². The van der Waals surface area contributed by atoms with Gasteiger partial charge in [0.2, 0.25) is 0 Å². The van der Waals surface area contributed by atoms with E-state index in [0.29, 0.717) is 6.61 Å². The Hall–Kier alpha value is -1.49. The van der Waals surface area contributed by atoms with E-state index < -0.39 is 5.97 Å². The first-order chi connectivity index (χ1) is 7.58. The smallest absolute Gasteiger partial charge is 0.304 e. The van der Waals surface area contributed by atoms with Crippen molar-refractivity contribution in [2.45, 2.75) is 26.2 Å². The molecule has 7 heteroatoms. The Morgan fingerprint density at radius 2 is 2.18 bits per heavy atom. The minimum absolute atomic E-state index is 0. The molecule has 0 aromatic carbocycles. The molecule has 17 heavy (non-hydrogen) atoms. The van der Waals surface area contributed by atoms with Crippen molar-refractivity contribution in [2.75, 3.05) is 19.8 Å². The van der Waals surface area contributed by atoms with Crippen molar-refractivity contribution < 1.29 is 19.4 Å². The Bertz CT molecular complexity index is 230. The number of nitrogens with two attached hydrogens (primary N) is 1. The van der Waals surface area contributed by atoms with Gasteiger partial charge in [0, 0.05) is 26.5 Å². The Kier molecular flexibility index (Phi) is 20.8. The van der Waals surface area contributed by atoms with Crippen molar-refractivity contribution in [3.05, 3.63) is 0 Å². The average Bonchev–Trinajstić information content (AvgIpc) is 2.20. The van der Waals surface area contributed by atoms with Crippen molar-refractivity contribution >= 4 is 11.8 Å². The number of carboxylic acid groups (broad SMARTS) is 1. The molecule has 0 aromatic heterocycles. The lowest BCUT2D eigenvalue weighted by Gasteiger charge is -2.07. The van der Waals surface area contributed by atoms with Crippen molar-refractivity contribution in [3.8, 4) is 6.07 Å². The van der Waals surface area contributed by atoms with Crippen LogP contribution in [0.4, 0.5) is 0 Å². The van der Waals surface area contributed by atoms with Gasteiger partial charge >= 0.3 is 5.97 Å². The van der Waals surface area contributed by atoms with E-state index in [0.717, 1.165) is 19.4 Å². The van der Waals surface area contributed by atoms with E-state index in [1.54, 1.807) is 6.07 Å². The van der Waals surface area contributed by atoms with Gasteiger partial charge in [0.1, 0.15) is 6.61 Å². The molecule has 1 saturated heterocycles. The lowest BCUT2D eigenvalue weighted by atomic mass is 10.2. The van der Waals surface area contributed by atoms with Gasteiger partial charge in [-0.1, -0.05) is 0 Å². The molecule has 0 aromatic rings. The number of ether oxygens (including phenoxy) is 1. The van der Waals surface area contributed by atoms with Gasteiger partial charge in [-0.25, -0.2) is 0 Å². The number of rotatable bonds is 2. The summed E-state index contributed by atoms with van der Waals surface area (Å²) in [5, 5.41) is 15.2. The summed E-state index contributed by atoms with van der Waals surface area (Å²) in [6, 6.07) is 1.75. The second-order valence-electron chi connectivity index (χ2n) is 2.85. The van der Waals surface area contributed by atoms with Crippen LogP contribution in [-0.2, 0) is 14.3 Å². The lowest BCUT2D eigenvalue weighted by Crippen LogP contribution is -2.15. The van der Waals surface area contributed by atoms with E-state index >= 15 is 0 Å². The van der Waals surface area contributed by atoms with Gasteiger partial charge in [-0.3, -0.25) is 9.59 Å². The highest BCUT2D eigenvalue weighted by Crippen LogP contribution is 1.98. The number of carboxylic acids is 1. The maximum absolute atomic E-state index is 10.3. The molecular formula is C10H21N3O4. The molecule has 1 aliphatic heterocycles. The van der Waals surface area contributed by atoms with Crippen LogP contribution in [0.2, 0.25) is 0 Å². The first-order valence-corrected chi connectivity index (χ1v) is 4.90. The van der Waals surface area contributed by atoms with Crippen molar-refractivity contribution in [2.24, 2.45) is 5.73 Å². The highest BCUT2D eigenvalue weighted by Gasteiger charge is 2.06. The minimum Gasteiger partial charge on any atom is -0.481 e. The summed E-state index contributed by atoms with van der Waals surface area (Å²) in [7, 11) is 0. The zero-order valence-corrected chi connectivity index (χ0v) is 10.1. The monoisotopic (exact) mass is 247 g/mol. The summed E-state index contributed by atoms with van der Waals surface area (Å²) in [5.74, 6) is -0.594. The number of Topliss-reactive ketones (excluding diaryl/α,β-unsaturated/α-hetero) is 1. The average molecular weight is 247 g/mol. The van der Waals surface area contributed by atoms with Crippen LogP contribution in [0.5, 0.6) is 0 Å². The number of nitrogens with zero attached hydrogens (tertiary/aromatic N) is 1. The highest BCUT2D eigenvalue weighted by atomic mass is 16.5. The molecule has 1 aliphatic rings. The molecule has 7 nitrogen and oxygen atoms in total. The Labute approximate surface area is 101 Å². The van der Waals surface area contributed by atoms with Crippen LogP contribution in [0.15, 0.2) is 0 Å². The van der Waals surface area contributed by atoms with Crippen molar-refractivity contribution in [3.63, 3.8) is 0 Å². The first kappa shape index (κ1) is 20.9. The standard InChI is InChI=1S/C5H8O2.C3H7NO2.C2H3N.H3N/c6-5-2-1-3-7-4-5;4-2-1-3(5)6;1-2-3;/h1-4H2;1-2,4H2,(H,5,6);1H3;1H3. The quantitative estimate of drug-likeness (QED) is 0.642. The van der Waals surface area contributed by atoms with Gasteiger partial charge in [-0.15, -0.1) is 0 Å². The fraction of sp³-hybridized carbons (Fsp3) is 0.700. The van der Waals surface area contributed by atoms with Gasteiger partial charge in [-0.2, -0.15) is 5.26 Å². The molecule has 0 saturated carbocycles. The summed E-state index contributed by atoms with van der Waals surface area (Å²) >= 11 is 0. The fourth-order valence-electron chi connectivity index (χ4n) is 0.753. The predicted molar refractivity (Wildman–Crippen MR) is 62.7 cm³/mol. The molecule has 0 aliphatic carbocycles. The SMILES string of the molecule is CC#N.N.NCCC(=O)O.O=C1CCCOC1. The Morgan fingerprint density at radius 1 is 1.65 bits per heavy atom. The van der Waals surface area contributed by atoms with Crippen LogP contribution in [-0.4, -0.2) is 36.6 Å². The zero-order chi connectivity index (χ0) is 12.8. The summed E-state index contributed by atoms with van der Waals surface area (Å²) in [4.78, 5) is 19.9. The summed E-state index contributed by atoms with van der Waals surface area (Å²) in [6.45, 7) is 2.78. The van der Waals surface area contributed by atoms with Crippen LogP contribution < -0.4 is 11.9 Å². The van der Waals surface area contributed by atoms with Gasteiger partial charge in [0.25, 0.3) is 0 Å². The van der Waals surface area contributed by atoms with E-state index in [1.807, 2.05) is 0 Å². The normalized spacial score (nSPS) is 12.6. The van der Waals surface area contributed by atoms with E-state index in [1.165, 1.54) is 6.92 Å². The molecular weight excluding hydrogens is 226 g/mol. The van der Waals surface area contributed by atoms with Gasteiger partial charge in [0.15, 0.2) is 5.78 Å². The first-order valence-electron chi connectivity index (χ1n) is 4.90. The molecule has 0 unspecified atom stereocenters. The van der Waals surface area contributed by atoms with E-state index in [4.69, 9.17) is 20.8 Å². The lowest BCUT2D eigenvalue weighted by molar-refractivity contribution is -0.136. The third kappa shape index (κ3) is 25.1. The Balaban J connectivity index is -0.000000182. The summed E-state index contributed by atoms with van der Waals surface area (Å²) < 4.78 is 4.83. The summed E-state index contributed by atoms with van der Waals surface area (Å²) in [6.07, 6.45) is 1.71. The minimum atomic E-state index is -0.836. The molecule has 100 valence electrons. The second-order valence-corrected chi connectivity index (χ2v) is 2.85. The van der Waals surface area contributed by atoms with Crippen molar-refractivity contribution in [1.29, 1.82) is 5.26 Å². The summed E-state index contributed by atoms with van der Waals surface area (Å²) in [5.41, 5.74) is 4.85. The number of hydrogen-bond donors (Lipinski definition) is 3. The number of carbonyl (C=O) groups excluding carboxylic acids is 1. The van der Waals surface area contributed by atoms with Crippen LogP contribution in [0.25, 0.3) is 0 Å². The van der Waals surface area contributed by atoms with Gasteiger partial charge in [0.05, 0.1) is 12.5 Å². The van der Waals surface area contributed by atoms with Crippen LogP contribution in [0.3, 0.4) is 0 Å². The van der Waals surface area contributed by atoms with Gasteiger partial charge < -0.3 is 21.7 Å². The van der Waals surface area contributed by atoms with E-state index in [2.05, 4.69) is 0 Å². The molecule has 0 amide bonds. The Morgan fingerprint density at radius 3 is 2.29 bits per heavy atom. The van der Waals surface area contributed by atoms with E-state index in [-0.39, 0.29) is 24.9 Å². The molecule has 0 spiro atoms. The van der Waals surface area contributed by atoms with Crippen LogP contribution in [0.1, 0.15) is 26.2 Å². The largest absolute Gasteiger partial charge is 0.481 e. The number of carbonyl (C=O) groups is 2. The molecule has 0 bridgehead atoms. The molecule has 1 heterocycles. The van der Waals surface area contributed by atoms with E-state index in [9.17, 15) is 9.59 Å². The molecule has 1 rings (SSSR count). The third-order valence-electron chi connectivity index (χ3n) is 1.37. The maximum atomic E-state index is 10.3.